The van der Waals surface area contributed by atoms with Gasteiger partial charge < -0.3 is 20.5 Å². The van der Waals surface area contributed by atoms with Crippen molar-refractivity contribution in [2.24, 2.45) is 11.1 Å². The van der Waals surface area contributed by atoms with Gasteiger partial charge in [0.25, 0.3) is 0 Å². The molecule has 5 nitrogen and oxygen atoms in total. The quantitative estimate of drug-likeness (QED) is 0.606. The number of hydrogen-bond acceptors (Lipinski definition) is 4. The van der Waals surface area contributed by atoms with Gasteiger partial charge in [-0.3, -0.25) is 4.79 Å². The van der Waals surface area contributed by atoms with Gasteiger partial charge in [0.15, 0.2) is 0 Å². The lowest BCUT2D eigenvalue weighted by atomic mass is 9.89. The number of methoxy groups -OCH3 is 1. The van der Waals surface area contributed by atoms with Crippen LogP contribution in [-0.2, 0) is 14.3 Å². The highest BCUT2D eigenvalue weighted by atomic mass is 16.5. The smallest absolute Gasteiger partial charge is 0.239 e. The monoisotopic (exact) mass is 202 g/mol. The Morgan fingerprint density at radius 2 is 2.36 bits per heavy atom. The zero-order valence-electron chi connectivity index (χ0n) is 8.71. The fourth-order valence-corrected chi connectivity index (χ4v) is 1.24. The first-order chi connectivity index (χ1) is 6.57. The molecule has 1 unspecified atom stereocenters. The third-order valence-corrected chi connectivity index (χ3v) is 2.27. The van der Waals surface area contributed by atoms with Crippen LogP contribution in [0, 0.1) is 5.41 Å². The molecule has 0 aliphatic carbocycles. The lowest BCUT2D eigenvalue weighted by Gasteiger charge is -2.38. The van der Waals surface area contributed by atoms with Crippen molar-refractivity contribution in [2.75, 3.05) is 33.5 Å². The molecule has 82 valence electrons. The van der Waals surface area contributed by atoms with Crippen LogP contribution < -0.4 is 11.1 Å². The molecule has 0 radical (unpaired) electrons. The van der Waals surface area contributed by atoms with E-state index in [1.54, 1.807) is 0 Å². The van der Waals surface area contributed by atoms with E-state index in [0.717, 1.165) is 0 Å². The van der Waals surface area contributed by atoms with Crippen LogP contribution >= 0.6 is 0 Å². The van der Waals surface area contributed by atoms with Gasteiger partial charge in [0.05, 0.1) is 19.8 Å². The van der Waals surface area contributed by atoms with Gasteiger partial charge in [-0.2, -0.15) is 0 Å². The van der Waals surface area contributed by atoms with Gasteiger partial charge in [-0.05, 0) is 0 Å². The average Bonchev–Trinajstić information content (AvgIpc) is 2.11. The lowest BCUT2D eigenvalue weighted by molar-refractivity contribution is -0.128. The van der Waals surface area contributed by atoms with Crippen molar-refractivity contribution < 1.29 is 14.3 Å². The van der Waals surface area contributed by atoms with Crippen molar-refractivity contribution in [3.63, 3.8) is 0 Å². The zero-order chi connectivity index (χ0) is 10.6. The summed E-state index contributed by atoms with van der Waals surface area (Å²) in [7, 11) is 1.52. The van der Waals surface area contributed by atoms with Gasteiger partial charge >= 0.3 is 0 Å². The van der Waals surface area contributed by atoms with E-state index in [9.17, 15) is 4.79 Å². The van der Waals surface area contributed by atoms with Crippen molar-refractivity contribution >= 4 is 5.91 Å². The molecule has 1 aliphatic rings. The van der Waals surface area contributed by atoms with Gasteiger partial charge in [-0.1, -0.05) is 6.92 Å². The Hall–Kier alpha value is -0.650. The Morgan fingerprint density at radius 1 is 1.71 bits per heavy atom. The van der Waals surface area contributed by atoms with Gasteiger partial charge in [-0.25, -0.2) is 0 Å². The van der Waals surface area contributed by atoms with Crippen LogP contribution in [0.2, 0.25) is 0 Å². The van der Waals surface area contributed by atoms with E-state index in [1.807, 2.05) is 0 Å². The summed E-state index contributed by atoms with van der Waals surface area (Å²) in [4.78, 5) is 11.4. The van der Waals surface area contributed by atoms with E-state index in [2.05, 4.69) is 12.2 Å². The van der Waals surface area contributed by atoms with Crippen LogP contribution in [0.1, 0.15) is 6.92 Å². The fourth-order valence-electron chi connectivity index (χ4n) is 1.24. The van der Waals surface area contributed by atoms with Gasteiger partial charge in [0.1, 0.15) is 6.04 Å². The second-order valence-corrected chi connectivity index (χ2v) is 4.08. The first-order valence-corrected chi connectivity index (χ1v) is 4.67. The van der Waals surface area contributed by atoms with Gasteiger partial charge in [0, 0.05) is 19.1 Å². The number of carbonyl (C=O) groups is 1. The maximum Gasteiger partial charge on any atom is 0.239 e. The predicted octanol–water partition coefficient (Wildman–Crippen LogP) is -0.887. The Morgan fingerprint density at radius 3 is 2.79 bits per heavy atom. The van der Waals surface area contributed by atoms with Gasteiger partial charge in [0.2, 0.25) is 5.91 Å². The minimum absolute atomic E-state index is 0.0858. The summed E-state index contributed by atoms with van der Waals surface area (Å²) >= 11 is 0. The summed E-state index contributed by atoms with van der Waals surface area (Å²) in [6.07, 6.45) is 0. The summed E-state index contributed by atoms with van der Waals surface area (Å²) in [5.74, 6) is -0.167. The third-order valence-electron chi connectivity index (χ3n) is 2.27. The molecular weight excluding hydrogens is 184 g/mol. The minimum Gasteiger partial charge on any atom is -0.383 e. The number of carbonyl (C=O) groups excluding carboxylic acids is 1. The molecule has 1 rings (SSSR count). The lowest BCUT2D eigenvalue weighted by Crippen LogP contribution is -2.52. The molecule has 1 amide bonds. The van der Waals surface area contributed by atoms with Crippen LogP contribution in [-0.4, -0.2) is 45.4 Å². The molecule has 1 saturated heterocycles. The summed E-state index contributed by atoms with van der Waals surface area (Å²) in [6.45, 7) is 4.33. The topological polar surface area (TPSA) is 73.6 Å². The number of nitrogens with two attached hydrogens (primary N) is 1. The first-order valence-electron chi connectivity index (χ1n) is 4.67. The average molecular weight is 202 g/mol. The molecule has 0 bridgehead atoms. The molecule has 1 aliphatic heterocycles. The summed E-state index contributed by atoms with van der Waals surface area (Å²) < 4.78 is 9.86. The first kappa shape index (κ1) is 11.4. The Bertz CT molecular complexity index is 204. The number of hydrogen-bond donors (Lipinski definition) is 2. The van der Waals surface area contributed by atoms with E-state index in [0.29, 0.717) is 19.8 Å². The molecule has 0 aromatic rings. The van der Waals surface area contributed by atoms with E-state index >= 15 is 0 Å². The second-order valence-electron chi connectivity index (χ2n) is 4.08. The standard InChI is InChI=1S/C9H18N2O3/c1-9(5-14-6-9)4-11-8(12)7(10)3-13-2/h7H,3-6,10H2,1-2H3,(H,11,12). The molecule has 0 saturated carbocycles. The highest BCUT2D eigenvalue weighted by Crippen LogP contribution is 2.24. The highest BCUT2D eigenvalue weighted by Gasteiger charge is 2.33. The van der Waals surface area contributed by atoms with Crippen molar-refractivity contribution in [1.29, 1.82) is 0 Å². The van der Waals surface area contributed by atoms with Crippen molar-refractivity contribution in [3.8, 4) is 0 Å². The third kappa shape index (κ3) is 2.94. The number of ether oxygens (including phenoxy) is 2. The Kier molecular flexibility index (Phi) is 3.86. The fraction of sp³-hybridized carbons (Fsp3) is 0.889. The molecule has 1 heterocycles. The van der Waals surface area contributed by atoms with Crippen LogP contribution in [0.25, 0.3) is 0 Å². The molecule has 14 heavy (non-hydrogen) atoms. The largest absolute Gasteiger partial charge is 0.383 e. The maximum absolute atomic E-state index is 11.4. The SMILES string of the molecule is COCC(N)C(=O)NCC1(C)COC1. The van der Waals surface area contributed by atoms with Crippen molar-refractivity contribution in [2.45, 2.75) is 13.0 Å². The summed E-state index contributed by atoms with van der Waals surface area (Å²) in [6, 6.07) is -0.579. The number of amides is 1. The zero-order valence-corrected chi connectivity index (χ0v) is 8.71. The van der Waals surface area contributed by atoms with Crippen molar-refractivity contribution in [3.05, 3.63) is 0 Å². The molecule has 3 N–H and O–H groups in total. The van der Waals surface area contributed by atoms with E-state index in [4.69, 9.17) is 15.2 Å². The molecule has 0 aromatic heterocycles. The van der Waals surface area contributed by atoms with Crippen molar-refractivity contribution in [1.82, 2.24) is 5.32 Å². The van der Waals surface area contributed by atoms with Crippen LogP contribution in [0.4, 0.5) is 0 Å². The van der Waals surface area contributed by atoms with E-state index in [1.165, 1.54) is 7.11 Å². The molecule has 0 aromatic carbocycles. The summed E-state index contributed by atoms with van der Waals surface area (Å²) in [5.41, 5.74) is 5.63. The Balaban J connectivity index is 2.20. The normalized spacial score (nSPS) is 21.1. The molecule has 1 fully saturated rings. The molecular formula is C9H18N2O3. The summed E-state index contributed by atoms with van der Waals surface area (Å²) in [5, 5.41) is 2.79. The second kappa shape index (κ2) is 4.72. The highest BCUT2D eigenvalue weighted by molar-refractivity contribution is 5.81. The molecule has 0 spiro atoms. The number of rotatable bonds is 5. The maximum atomic E-state index is 11.4. The van der Waals surface area contributed by atoms with Crippen LogP contribution in [0.5, 0.6) is 0 Å². The minimum atomic E-state index is -0.579. The predicted molar refractivity (Wildman–Crippen MR) is 51.8 cm³/mol. The van der Waals surface area contributed by atoms with Crippen LogP contribution in [0.3, 0.4) is 0 Å². The van der Waals surface area contributed by atoms with E-state index < -0.39 is 6.04 Å². The Labute approximate surface area is 83.9 Å². The number of nitrogens with one attached hydrogen (secondary N) is 1. The molecule has 1 atom stereocenters. The van der Waals surface area contributed by atoms with Crippen LogP contribution in [0.15, 0.2) is 0 Å². The van der Waals surface area contributed by atoms with E-state index in [-0.39, 0.29) is 17.9 Å². The van der Waals surface area contributed by atoms with Gasteiger partial charge in [-0.15, -0.1) is 0 Å². The molecule has 5 heteroatoms.